The van der Waals surface area contributed by atoms with E-state index in [0.29, 0.717) is 39.5 Å². The lowest BCUT2D eigenvalue weighted by Crippen LogP contribution is -2.21. The first-order valence-electron chi connectivity index (χ1n) is 12.0. The Balaban J connectivity index is 1.33. The molecule has 0 aliphatic carbocycles. The lowest BCUT2D eigenvalue weighted by molar-refractivity contribution is -0.133. The second-order valence-electron chi connectivity index (χ2n) is 8.89. The third kappa shape index (κ3) is 6.18. The van der Waals surface area contributed by atoms with Crippen molar-refractivity contribution in [2.75, 3.05) is 0 Å². The summed E-state index contributed by atoms with van der Waals surface area (Å²) in [4.78, 5) is 12.5. The standard InChI is InChI=1S/C31H22Cl2N2O4/c32-22-7-1-19(2-8-22)15-29(36)38-25-13-14-26-28(16-25)39-31(35)27(17-34)30(26)21-5-11-24(12-6-21)37-18-20-3-9-23(33)10-4-20/h1-14,16,30H,15,18,35H2. The summed E-state index contributed by atoms with van der Waals surface area (Å²) in [6, 6.07) is 29.1. The van der Waals surface area contributed by atoms with Crippen LogP contribution in [0.4, 0.5) is 0 Å². The number of fused-ring (bicyclic) bond motifs is 1. The molecule has 0 radical (unpaired) electrons. The zero-order valence-electron chi connectivity index (χ0n) is 20.6. The van der Waals surface area contributed by atoms with Gasteiger partial charge in [-0.2, -0.15) is 5.26 Å². The van der Waals surface area contributed by atoms with Gasteiger partial charge in [0.05, 0.1) is 12.3 Å². The number of halogens is 2. The minimum absolute atomic E-state index is 0.00251. The normalized spacial score (nSPS) is 14.1. The van der Waals surface area contributed by atoms with Crippen LogP contribution < -0.4 is 19.9 Å². The topological polar surface area (TPSA) is 94.6 Å². The number of nitriles is 1. The summed E-state index contributed by atoms with van der Waals surface area (Å²) in [5, 5.41) is 11.1. The minimum atomic E-state index is -0.456. The van der Waals surface area contributed by atoms with Crippen LogP contribution in [-0.2, 0) is 17.8 Å². The van der Waals surface area contributed by atoms with Crippen LogP contribution in [0.1, 0.15) is 28.2 Å². The van der Waals surface area contributed by atoms with Gasteiger partial charge >= 0.3 is 5.97 Å². The zero-order valence-corrected chi connectivity index (χ0v) is 22.1. The lowest BCUT2D eigenvalue weighted by atomic mass is 9.83. The van der Waals surface area contributed by atoms with Crippen molar-refractivity contribution in [3.05, 3.63) is 135 Å². The Morgan fingerprint density at radius 2 is 1.49 bits per heavy atom. The van der Waals surface area contributed by atoms with Crippen molar-refractivity contribution in [1.29, 1.82) is 5.26 Å². The second kappa shape index (κ2) is 11.5. The quantitative estimate of drug-likeness (QED) is 0.196. The van der Waals surface area contributed by atoms with Crippen molar-refractivity contribution in [2.45, 2.75) is 18.9 Å². The van der Waals surface area contributed by atoms with Crippen LogP contribution in [0.5, 0.6) is 17.2 Å². The molecule has 1 aliphatic heterocycles. The number of rotatable bonds is 7. The van der Waals surface area contributed by atoms with E-state index in [4.69, 9.17) is 43.1 Å². The van der Waals surface area contributed by atoms with Gasteiger partial charge in [0.2, 0.25) is 5.88 Å². The number of nitrogens with zero attached hydrogens (tertiary/aromatic N) is 1. The van der Waals surface area contributed by atoms with Gasteiger partial charge in [-0.25, -0.2) is 0 Å². The van der Waals surface area contributed by atoms with Gasteiger partial charge in [0.1, 0.15) is 35.5 Å². The van der Waals surface area contributed by atoms with Gasteiger partial charge in [0.15, 0.2) is 0 Å². The predicted octanol–water partition coefficient (Wildman–Crippen LogP) is 6.94. The van der Waals surface area contributed by atoms with Crippen molar-refractivity contribution in [3.8, 4) is 23.3 Å². The molecule has 8 heteroatoms. The maximum absolute atomic E-state index is 12.5. The summed E-state index contributed by atoms with van der Waals surface area (Å²) in [6.07, 6.45) is 0.0881. The third-order valence-electron chi connectivity index (χ3n) is 6.22. The number of hydrogen-bond donors (Lipinski definition) is 1. The molecule has 6 nitrogen and oxygen atoms in total. The molecular weight excluding hydrogens is 535 g/mol. The van der Waals surface area contributed by atoms with E-state index in [0.717, 1.165) is 22.3 Å². The van der Waals surface area contributed by atoms with Gasteiger partial charge in [-0.3, -0.25) is 4.79 Å². The fourth-order valence-corrected chi connectivity index (χ4v) is 4.53. The smallest absolute Gasteiger partial charge is 0.315 e. The van der Waals surface area contributed by atoms with Gasteiger partial charge < -0.3 is 19.9 Å². The summed E-state index contributed by atoms with van der Waals surface area (Å²) in [6.45, 7) is 0.395. The highest BCUT2D eigenvalue weighted by Gasteiger charge is 2.31. The Labute approximate surface area is 235 Å². The Bertz CT molecular complexity index is 1580. The zero-order chi connectivity index (χ0) is 27.4. The van der Waals surface area contributed by atoms with E-state index in [-0.39, 0.29) is 12.3 Å². The summed E-state index contributed by atoms with van der Waals surface area (Å²) < 4.78 is 17.2. The number of benzene rings is 4. The predicted molar refractivity (Wildman–Crippen MR) is 149 cm³/mol. The summed E-state index contributed by atoms with van der Waals surface area (Å²) in [5.41, 5.74) is 9.77. The van der Waals surface area contributed by atoms with Gasteiger partial charge in [0.25, 0.3) is 0 Å². The monoisotopic (exact) mass is 556 g/mol. The van der Waals surface area contributed by atoms with Gasteiger partial charge in [0, 0.05) is 21.7 Å². The average Bonchev–Trinajstić information content (AvgIpc) is 2.93. The molecule has 194 valence electrons. The number of hydrogen-bond acceptors (Lipinski definition) is 6. The summed E-state index contributed by atoms with van der Waals surface area (Å²) in [5.74, 6) is 0.520. The van der Waals surface area contributed by atoms with Crippen LogP contribution in [-0.4, -0.2) is 5.97 Å². The molecule has 0 saturated heterocycles. The molecule has 4 aromatic carbocycles. The molecule has 2 N–H and O–H groups in total. The number of carbonyl (C=O) groups is 1. The van der Waals surface area contributed by atoms with E-state index in [2.05, 4.69) is 6.07 Å². The van der Waals surface area contributed by atoms with Crippen LogP contribution in [0.25, 0.3) is 0 Å². The van der Waals surface area contributed by atoms with Crippen molar-refractivity contribution in [3.63, 3.8) is 0 Å². The third-order valence-corrected chi connectivity index (χ3v) is 6.72. The SMILES string of the molecule is N#CC1=C(N)Oc2cc(OC(=O)Cc3ccc(Cl)cc3)ccc2C1c1ccc(OCc2ccc(Cl)cc2)cc1. The molecule has 0 amide bonds. The highest BCUT2D eigenvalue weighted by atomic mass is 35.5. The van der Waals surface area contributed by atoms with Crippen LogP contribution >= 0.6 is 23.2 Å². The average molecular weight is 557 g/mol. The Morgan fingerprint density at radius 1 is 0.872 bits per heavy atom. The van der Waals surface area contributed by atoms with E-state index < -0.39 is 11.9 Å². The molecule has 1 atom stereocenters. The summed E-state index contributed by atoms with van der Waals surface area (Å²) in [7, 11) is 0. The van der Waals surface area contributed by atoms with Gasteiger partial charge in [-0.05, 0) is 59.2 Å². The first kappa shape index (κ1) is 26.2. The first-order valence-corrected chi connectivity index (χ1v) is 12.8. The van der Waals surface area contributed by atoms with Crippen molar-refractivity contribution in [2.24, 2.45) is 5.73 Å². The molecule has 1 unspecified atom stereocenters. The van der Waals surface area contributed by atoms with Crippen molar-refractivity contribution < 1.29 is 19.0 Å². The number of allylic oxidation sites excluding steroid dienone is 1. The minimum Gasteiger partial charge on any atom is -0.489 e. The van der Waals surface area contributed by atoms with Crippen LogP contribution in [0, 0.1) is 11.3 Å². The molecule has 4 aromatic rings. The molecule has 0 aromatic heterocycles. The highest BCUT2D eigenvalue weighted by Crippen LogP contribution is 2.43. The number of esters is 1. The molecule has 1 aliphatic rings. The van der Waals surface area contributed by atoms with E-state index in [1.54, 1.807) is 42.5 Å². The summed E-state index contributed by atoms with van der Waals surface area (Å²) >= 11 is 11.9. The molecule has 5 rings (SSSR count). The van der Waals surface area contributed by atoms with E-state index >= 15 is 0 Å². The lowest BCUT2D eigenvalue weighted by Gasteiger charge is -2.26. The largest absolute Gasteiger partial charge is 0.489 e. The maximum Gasteiger partial charge on any atom is 0.315 e. The molecular formula is C31H22Cl2N2O4. The fraction of sp³-hybridized carbons (Fsp3) is 0.0968. The molecule has 0 spiro atoms. The van der Waals surface area contributed by atoms with Gasteiger partial charge in [-0.1, -0.05) is 65.7 Å². The number of ether oxygens (including phenoxy) is 3. The maximum atomic E-state index is 12.5. The fourth-order valence-electron chi connectivity index (χ4n) is 4.28. The Kier molecular flexibility index (Phi) is 7.74. The van der Waals surface area contributed by atoms with Crippen molar-refractivity contribution >= 4 is 29.2 Å². The second-order valence-corrected chi connectivity index (χ2v) is 9.76. The Morgan fingerprint density at radius 3 is 2.13 bits per heavy atom. The van der Waals surface area contributed by atoms with E-state index in [1.807, 2.05) is 48.5 Å². The van der Waals surface area contributed by atoms with Crippen molar-refractivity contribution in [1.82, 2.24) is 0 Å². The molecule has 1 heterocycles. The number of nitrogens with two attached hydrogens (primary N) is 1. The Hall–Kier alpha value is -4.44. The van der Waals surface area contributed by atoms with E-state index in [9.17, 15) is 10.1 Å². The first-order chi connectivity index (χ1) is 18.9. The molecule has 0 bridgehead atoms. The van der Waals surface area contributed by atoms with Crippen LogP contribution in [0.2, 0.25) is 10.0 Å². The molecule has 39 heavy (non-hydrogen) atoms. The van der Waals surface area contributed by atoms with Gasteiger partial charge in [-0.15, -0.1) is 0 Å². The van der Waals surface area contributed by atoms with Crippen LogP contribution in [0.3, 0.4) is 0 Å². The highest BCUT2D eigenvalue weighted by molar-refractivity contribution is 6.30. The van der Waals surface area contributed by atoms with E-state index in [1.165, 1.54) is 0 Å². The number of carbonyl (C=O) groups excluding carboxylic acids is 1. The molecule has 0 fully saturated rings. The van der Waals surface area contributed by atoms with Crippen LogP contribution in [0.15, 0.2) is 102 Å². The molecule has 0 saturated carbocycles.